The van der Waals surface area contributed by atoms with Gasteiger partial charge < -0.3 is 10.6 Å². The number of benzene rings is 1. The highest BCUT2D eigenvalue weighted by Crippen LogP contribution is 2.27. The van der Waals surface area contributed by atoms with Gasteiger partial charge in [-0.05, 0) is 37.3 Å². The van der Waals surface area contributed by atoms with Gasteiger partial charge in [0.1, 0.15) is 0 Å². The summed E-state index contributed by atoms with van der Waals surface area (Å²) in [6.07, 6.45) is 4.89. The van der Waals surface area contributed by atoms with E-state index in [-0.39, 0.29) is 17.9 Å². The molecular formula is C14H17ClN4O2S. The summed E-state index contributed by atoms with van der Waals surface area (Å²) in [6, 6.07) is 5.08. The largest absolute Gasteiger partial charge is 0.338 e. The number of nitrogens with zero attached hydrogens (tertiary/aromatic N) is 1. The van der Waals surface area contributed by atoms with Crippen molar-refractivity contribution < 1.29 is 9.59 Å². The number of hydrogen-bond donors (Lipinski definition) is 3. The van der Waals surface area contributed by atoms with Crippen molar-refractivity contribution in [3.63, 3.8) is 0 Å². The first-order chi connectivity index (χ1) is 10.6. The fourth-order valence-electron chi connectivity index (χ4n) is 1.99. The molecule has 1 aromatic rings. The molecule has 0 radical (unpaired) electrons. The van der Waals surface area contributed by atoms with Crippen LogP contribution in [0.15, 0.2) is 28.2 Å². The second kappa shape index (κ2) is 8.05. The number of carbonyl (C=O) groups is 2. The normalized spacial score (nSPS) is 16.5. The molecule has 0 bridgehead atoms. The summed E-state index contributed by atoms with van der Waals surface area (Å²) >= 11 is 7.63. The maximum Gasteiger partial charge on any atom is 0.319 e. The van der Waals surface area contributed by atoms with Gasteiger partial charge in [-0.15, -0.1) is 11.8 Å². The number of rotatable bonds is 6. The van der Waals surface area contributed by atoms with Crippen LogP contribution in [0.1, 0.15) is 12.8 Å². The minimum Gasteiger partial charge on any atom is -0.338 e. The minimum atomic E-state index is -0.294. The van der Waals surface area contributed by atoms with Crippen LogP contribution in [-0.2, 0) is 4.79 Å². The van der Waals surface area contributed by atoms with Gasteiger partial charge in [-0.2, -0.15) is 5.10 Å². The highest BCUT2D eigenvalue weighted by molar-refractivity contribution is 7.98. The first-order valence-corrected chi connectivity index (χ1v) is 8.42. The Morgan fingerprint density at radius 1 is 1.50 bits per heavy atom. The standard InChI is InChI=1S/C14H17ClN4O2S/c1-22-12-5-4-10(7-11(12)15)18-14(21)16-6-2-3-9-8-17-19-13(9)20/h4-5,7-9H,2-3,6H2,1H3,(H,19,20)(H2,16,18,21). The van der Waals surface area contributed by atoms with Crippen LogP contribution in [0.5, 0.6) is 0 Å². The Labute approximate surface area is 138 Å². The zero-order valence-corrected chi connectivity index (χ0v) is 13.6. The molecule has 3 N–H and O–H groups in total. The summed E-state index contributed by atoms with van der Waals surface area (Å²) in [5, 5.41) is 9.77. The molecule has 6 nitrogen and oxygen atoms in total. The van der Waals surface area contributed by atoms with Crippen molar-refractivity contribution in [3.8, 4) is 0 Å². The Kier molecular flexibility index (Phi) is 6.09. The lowest BCUT2D eigenvalue weighted by atomic mass is 10.1. The van der Waals surface area contributed by atoms with Crippen LogP contribution in [0.2, 0.25) is 5.02 Å². The van der Waals surface area contributed by atoms with Crippen molar-refractivity contribution >= 4 is 47.2 Å². The van der Waals surface area contributed by atoms with E-state index in [1.54, 1.807) is 30.1 Å². The fourth-order valence-corrected chi connectivity index (χ4v) is 2.86. The molecule has 0 aliphatic carbocycles. The third kappa shape index (κ3) is 4.64. The summed E-state index contributed by atoms with van der Waals surface area (Å²) in [4.78, 5) is 24.0. The highest BCUT2D eigenvalue weighted by atomic mass is 35.5. The number of carbonyl (C=O) groups excluding carboxylic acids is 2. The maximum absolute atomic E-state index is 11.8. The van der Waals surface area contributed by atoms with Gasteiger partial charge in [-0.1, -0.05) is 11.6 Å². The Balaban J connectivity index is 1.70. The van der Waals surface area contributed by atoms with E-state index in [2.05, 4.69) is 21.2 Å². The van der Waals surface area contributed by atoms with Crippen molar-refractivity contribution in [2.45, 2.75) is 17.7 Å². The average Bonchev–Trinajstić information content (AvgIpc) is 2.89. The van der Waals surface area contributed by atoms with Gasteiger partial charge in [-0.3, -0.25) is 4.79 Å². The molecule has 1 aliphatic rings. The van der Waals surface area contributed by atoms with E-state index in [1.807, 2.05) is 12.3 Å². The van der Waals surface area contributed by atoms with Crippen LogP contribution in [0.25, 0.3) is 0 Å². The smallest absolute Gasteiger partial charge is 0.319 e. The van der Waals surface area contributed by atoms with Crippen LogP contribution in [-0.4, -0.2) is 31.0 Å². The predicted molar refractivity (Wildman–Crippen MR) is 89.6 cm³/mol. The zero-order chi connectivity index (χ0) is 15.9. The molecule has 0 saturated carbocycles. The molecule has 0 saturated heterocycles. The van der Waals surface area contributed by atoms with Gasteiger partial charge in [-0.25, -0.2) is 10.2 Å². The van der Waals surface area contributed by atoms with E-state index in [4.69, 9.17) is 11.6 Å². The molecule has 2 rings (SSSR count). The molecule has 0 aromatic heterocycles. The first-order valence-electron chi connectivity index (χ1n) is 6.81. The van der Waals surface area contributed by atoms with Crippen LogP contribution in [0.4, 0.5) is 10.5 Å². The number of hydrazone groups is 1. The van der Waals surface area contributed by atoms with E-state index < -0.39 is 0 Å². The molecular weight excluding hydrogens is 324 g/mol. The van der Waals surface area contributed by atoms with Crippen molar-refractivity contribution in [1.82, 2.24) is 10.7 Å². The summed E-state index contributed by atoms with van der Waals surface area (Å²) < 4.78 is 0. The monoisotopic (exact) mass is 340 g/mol. The number of amides is 3. The molecule has 3 amide bonds. The van der Waals surface area contributed by atoms with Crippen molar-refractivity contribution in [2.24, 2.45) is 11.0 Å². The second-order valence-electron chi connectivity index (χ2n) is 4.73. The van der Waals surface area contributed by atoms with Gasteiger partial charge >= 0.3 is 6.03 Å². The van der Waals surface area contributed by atoms with Crippen LogP contribution in [0.3, 0.4) is 0 Å². The summed E-state index contributed by atoms with van der Waals surface area (Å²) in [5.74, 6) is -0.282. The molecule has 1 aromatic carbocycles. The van der Waals surface area contributed by atoms with Crippen LogP contribution >= 0.6 is 23.4 Å². The Morgan fingerprint density at radius 2 is 2.32 bits per heavy atom. The van der Waals surface area contributed by atoms with Gasteiger partial charge in [0.2, 0.25) is 5.91 Å². The molecule has 8 heteroatoms. The summed E-state index contributed by atoms with van der Waals surface area (Å²) in [6.45, 7) is 0.486. The van der Waals surface area contributed by atoms with E-state index in [9.17, 15) is 9.59 Å². The summed E-state index contributed by atoms with van der Waals surface area (Å²) in [5.41, 5.74) is 3.02. The van der Waals surface area contributed by atoms with Crippen molar-refractivity contribution in [3.05, 3.63) is 23.2 Å². The third-order valence-corrected chi connectivity index (χ3v) is 4.37. The molecule has 1 heterocycles. The molecule has 22 heavy (non-hydrogen) atoms. The van der Waals surface area contributed by atoms with Gasteiger partial charge in [0.25, 0.3) is 0 Å². The second-order valence-corrected chi connectivity index (χ2v) is 5.99. The maximum atomic E-state index is 11.8. The lowest BCUT2D eigenvalue weighted by Crippen LogP contribution is -2.30. The minimum absolute atomic E-state index is 0.0898. The Bertz CT molecular complexity index is 594. The van der Waals surface area contributed by atoms with Crippen LogP contribution < -0.4 is 16.1 Å². The number of halogens is 1. The third-order valence-electron chi connectivity index (χ3n) is 3.15. The van der Waals surface area contributed by atoms with Crippen molar-refractivity contribution in [2.75, 3.05) is 18.1 Å². The number of thioether (sulfide) groups is 1. The number of nitrogens with one attached hydrogen (secondary N) is 3. The van der Waals surface area contributed by atoms with Gasteiger partial charge in [0.15, 0.2) is 0 Å². The predicted octanol–water partition coefficient (Wildman–Crippen LogP) is 2.70. The topological polar surface area (TPSA) is 82.6 Å². The lowest BCUT2D eigenvalue weighted by molar-refractivity contribution is -0.122. The SMILES string of the molecule is CSc1ccc(NC(=O)NCCCC2C=NNC2=O)cc1Cl. The summed E-state index contributed by atoms with van der Waals surface area (Å²) in [7, 11) is 0. The molecule has 1 aliphatic heterocycles. The zero-order valence-electron chi connectivity index (χ0n) is 12.1. The fraction of sp³-hybridized carbons (Fsp3) is 0.357. The number of urea groups is 1. The molecule has 1 unspecified atom stereocenters. The first kappa shape index (κ1) is 16.6. The molecule has 0 spiro atoms. The quantitative estimate of drug-likeness (QED) is 0.550. The molecule has 1 atom stereocenters. The Morgan fingerprint density at radius 3 is 2.95 bits per heavy atom. The van der Waals surface area contributed by atoms with Gasteiger partial charge in [0, 0.05) is 23.3 Å². The van der Waals surface area contributed by atoms with Crippen LogP contribution in [0, 0.1) is 5.92 Å². The molecule has 0 fully saturated rings. The number of anilines is 1. The van der Waals surface area contributed by atoms with E-state index >= 15 is 0 Å². The van der Waals surface area contributed by atoms with E-state index in [0.717, 1.165) is 4.90 Å². The molecule has 118 valence electrons. The Hall–Kier alpha value is -1.73. The van der Waals surface area contributed by atoms with Crippen molar-refractivity contribution in [1.29, 1.82) is 0 Å². The lowest BCUT2D eigenvalue weighted by Gasteiger charge is -2.09. The highest BCUT2D eigenvalue weighted by Gasteiger charge is 2.19. The average molecular weight is 341 g/mol. The van der Waals surface area contributed by atoms with E-state index in [1.165, 1.54) is 0 Å². The van der Waals surface area contributed by atoms with E-state index in [0.29, 0.717) is 30.1 Å². The van der Waals surface area contributed by atoms with Gasteiger partial charge in [0.05, 0.1) is 10.9 Å². The number of hydrogen-bond acceptors (Lipinski definition) is 4.